The van der Waals surface area contributed by atoms with Crippen LogP contribution in [-0.2, 0) is 0 Å². The number of allylic oxidation sites excluding steroid dienone is 2. The lowest BCUT2D eigenvalue weighted by Gasteiger charge is -1.69. The number of rotatable bonds is 2. The molecule has 0 aromatic heterocycles. The fourth-order valence-corrected chi connectivity index (χ4v) is 0.175. The van der Waals surface area contributed by atoms with E-state index in [1.54, 1.807) is 6.08 Å². The lowest BCUT2D eigenvalue weighted by molar-refractivity contribution is 1.25. The first-order valence-electron chi connectivity index (χ1n) is 1.89. The molecule has 0 bridgehead atoms. The standard InChI is InChI=1S/C5H9N.ClH/c1-2-3-4-5-6;/h2-4H,1,5-6H2;1H. The summed E-state index contributed by atoms with van der Waals surface area (Å²) in [5.74, 6) is 0. The Balaban J connectivity index is 0. The van der Waals surface area contributed by atoms with E-state index in [-0.39, 0.29) is 12.4 Å². The zero-order valence-corrected chi connectivity index (χ0v) is 4.95. The van der Waals surface area contributed by atoms with E-state index in [9.17, 15) is 0 Å². The lowest BCUT2D eigenvalue weighted by Crippen LogP contribution is -1.91. The van der Waals surface area contributed by atoms with Gasteiger partial charge in [-0.25, -0.2) is 0 Å². The lowest BCUT2D eigenvalue weighted by atomic mass is 10.5. The molecule has 0 aliphatic heterocycles. The molecule has 0 rings (SSSR count). The minimum atomic E-state index is 0. The van der Waals surface area contributed by atoms with Crippen molar-refractivity contribution >= 4 is 12.4 Å². The van der Waals surface area contributed by atoms with Gasteiger partial charge in [-0.05, 0) is 0 Å². The Morgan fingerprint density at radius 1 is 1.57 bits per heavy atom. The van der Waals surface area contributed by atoms with Crippen LogP contribution < -0.4 is 5.73 Å². The Morgan fingerprint density at radius 2 is 2.14 bits per heavy atom. The van der Waals surface area contributed by atoms with Gasteiger partial charge in [-0.2, -0.15) is 0 Å². The van der Waals surface area contributed by atoms with Gasteiger partial charge in [-0.3, -0.25) is 0 Å². The third-order valence-corrected chi connectivity index (χ3v) is 0.408. The molecule has 2 N–H and O–H groups in total. The monoisotopic (exact) mass is 119 g/mol. The van der Waals surface area contributed by atoms with Gasteiger partial charge in [-0.1, -0.05) is 24.8 Å². The van der Waals surface area contributed by atoms with E-state index < -0.39 is 0 Å². The predicted molar refractivity (Wildman–Crippen MR) is 35.6 cm³/mol. The van der Waals surface area contributed by atoms with E-state index >= 15 is 0 Å². The molecule has 7 heavy (non-hydrogen) atoms. The second-order valence-corrected chi connectivity index (χ2v) is 0.900. The molecular weight excluding hydrogens is 110 g/mol. The molecule has 0 unspecified atom stereocenters. The Morgan fingerprint density at radius 3 is 2.29 bits per heavy atom. The molecule has 0 radical (unpaired) electrons. The van der Waals surface area contributed by atoms with Crippen LogP contribution in [0.4, 0.5) is 0 Å². The molecule has 0 amide bonds. The van der Waals surface area contributed by atoms with E-state index in [1.165, 1.54) is 0 Å². The molecule has 1 nitrogen and oxygen atoms in total. The normalized spacial score (nSPS) is 8.14. The molecule has 0 saturated carbocycles. The highest BCUT2D eigenvalue weighted by molar-refractivity contribution is 5.85. The first-order valence-corrected chi connectivity index (χ1v) is 1.89. The highest BCUT2D eigenvalue weighted by Gasteiger charge is 1.54. The largest absolute Gasteiger partial charge is 0.327 e. The third-order valence-electron chi connectivity index (χ3n) is 0.408. The van der Waals surface area contributed by atoms with E-state index in [2.05, 4.69) is 6.58 Å². The zero-order valence-electron chi connectivity index (χ0n) is 4.13. The topological polar surface area (TPSA) is 26.0 Å². The second-order valence-electron chi connectivity index (χ2n) is 0.900. The summed E-state index contributed by atoms with van der Waals surface area (Å²) in [7, 11) is 0. The van der Waals surface area contributed by atoms with Crippen molar-refractivity contribution in [2.45, 2.75) is 0 Å². The maximum absolute atomic E-state index is 5.08. The molecule has 0 aliphatic carbocycles. The van der Waals surface area contributed by atoms with Gasteiger partial charge in [0.2, 0.25) is 0 Å². The maximum atomic E-state index is 5.08. The summed E-state index contributed by atoms with van der Waals surface area (Å²) < 4.78 is 0. The van der Waals surface area contributed by atoms with Gasteiger partial charge in [0.05, 0.1) is 0 Å². The van der Waals surface area contributed by atoms with Crippen LogP contribution in [0.15, 0.2) is 24.8 Å². The molecule has 2 heteroatoms. The molecule has 0 saturated heterocycles. The SMILES string of the molecule is C=CC=CCN.Cl. The summed E-state index contributed by atoms with van der Waals surface area (Å²) in [6.45, 7) is 4.06. The van der Waals surface area contributed by atoms with Crippen molar-refractivity contribution < 1.29 is 0 Å². The number of hydrogen-bond donors (Lipinski definition) is 1. The molecule has 0 spiro atoms. The molecule has 42 valence electrons. The summed E-state index contributed by atoms with van der Waals surface area (Å²) in [6, 6.07) is 0. The van der Waals surface area contributed by atoms with Gasteiger partial charge in [-0.15, -0.1) is 12.4 Å². The van der Waals surface area contributed by atoms with Crippen LogP contribution in [0.3, 0.4) is 0 Å². The fourth-order valence-electron chi connectivity index (χ4n) is 0.175. The number of halogens is 1. The van der Waals surface area contributed by atoms with Gasteiger partial charge in [0, 0.05) is 6.54 Å². The fraction of sp³-hybridized carbons (Fsp3) is 0.200. The van der Waals surface area contributed by atoms with Gasteiger partial charge in [0.15, 0.2) is 0 Å². The van der Waals surface area contributed by atoms with Crippen LogP contribution in [0, 0.1) is 0 Å². The van der Waals surface area contributed by atoms with Crippen molar-refractivity contribution in [3.05, 3.63) is 24.8 Å². The summed E-state index contributed by atoms with van der Waals surface area (Å²) in [6.07, 6.45) is 5.36. The van der Waals surface area contributed by atoms with Gasteiger partial charge < -0.3 is 5.73 Å². The van der Waals surface area contributed by atoms with Crippen molar-refractivity contribution in [3.63, 3.8) is 0 Å². The molecule has 0 atom stereocenters. The Labute approximate surface area is 50.3 Å². The maximum Gasteiger partial charge on any atom is 0.0109 e. The summed E-state index contributed by atoms with van der Waals surface area (Å²) in [5.41, 5.74) is 5.08. The van der Waals surface area contributed by atoms with E-state index in [4.69, 9.17) is 5.73 Å². The van der Waals surface area contributed by atoms with Crippen molar-refractivity contribution in [1.29, 1.82) is 0 Å². The van der Waals surface area contributed by atoms with Crippen LogP contribution in [0.2, 0.25) is 0 Å². The van der Waals surface area contributed by atoms with E-state index in [1.807, 2.05) is 12.2 Å². The predicted octanol–water partition coefficient (Wildman–Crippen LogP) is 1.11. The van der Waals surface area contributed by atoms with Crippen molar-refractivity contribution in [2.75, 3.05) is 6.54 Å². The molecule has 0 heterocycles. The minimum absolute atomic E-state index is 0. The van der Waals surface area contributed by atoms with E-state index in [0.29, 0.717) is 6.54 Å². The average Bonchev–Trinajstić information content (AvgIpc) is 1.61. The molecule has 0 aliphatic rings. The second kappa shape index (κ2) is 9.21. The summed E-state index contributed by atoms with van der Waals surface area (Å²) in [4.78, 5) is 0. The molecule has 0 aromatic rings. The zero-order chi connectivity index (χ0) is 4.83. The highest BCUT2D eigenvalue weighted by Crippen LogP contribution is 1.65. The first kappa shape index (κ1) is 9.88. The van der Waals surface area contributed by atoms with Crippen molar-refractivity contribution in [1.82, 2.24) is 0 Å². The quantitative estimate of drug-likeness (QED) is 0.542. The van der Waals surface area contributed by atoms with Crippen LogP contribution in [-0.4, -0.2) is 6.54 Å². The van der Waals surface area contributed by atoms with Crippen molar-refractivity contribution in [3.8, 4) is 0 Å². The first-order chi connectivity index (χ1) is 2.91. The Bertz CT molecular complexity index is 59.1. The average molecular weight is 120 g/mol. The summed E-state index contributed by atoms with van der Waals surface area (Å²) in [5, 5.41) is 0. The summed E-state index contributed by atoms with van der Waals surface area (Å²) >= 11 is 0. The number of nitrogens with two attached hydrogens (primary N) is 1. The van der Waals surface area contributed by atoms with Crippen LogP contribution >= 0.6 is 12.4 Å². The van der Waals surface area contributed by atoms with Gasteiger partial charge in [0.25, 0.3) is 0 Å². The molecule has 0 fully saturated rings. The van der Waals surface area contributed by atoms with Crippen LogP contribution in [0.5, 0.6) is 0 Å². The molecule has 0 aromatic carbocycles. The Hall–Kier alpha value is -0.270. The smallest absolute Gasteiger partial charge is 0.0109 e. The van der Waals surface area contributed by atoms with Crippen molar-refractivity contribution in [2.24, 2.45) is 5.73 Å². The highest BCUT2D eigenvalue weighted by atomic mass is 35.5. The van der Waals surface area contributed by atoms with Crippen LogP contribution in [0.1, 0.15) is 0 Å². The minimum Gasteiger partial charge on any atom is -0.327 e. The van der Waals surface area contributed by atoms with Crippen LogP contribution in [0.25, 0.3) is 0 Å². The number of hydrogen-bond acceptors (Lipinski definition) is 1. The van der Waals surface area contributed by atoms with E-state index in [0.717, 1.165) is 0 Å². The Kier molecular flexibility index (Phi) is 13.0. The molecular formula is C5H10ClN. The third kappa shape index (κ3) is 10.7. The van der Waals surface area contributed by atoms with Gasteiger partial charge in [0.1, 0.15) is 0 Å². The van der Waals surface area contributed by atoms with Gasteiger partial charge >= 0.3 is 0 Å².